The second-order valence-electron chi connectivity index (χ2n) is 5.84. The standard InChI is InChI=1S/C18H21N3O3/c22-17(19-12-15-4-2-1-3-5-15)13-20-7-9-21(10-8-20)18(23)16-6-11-24-14-16/h1-6,11,14H,7-10,12-13H2,(H,19,22). The van der Waals surface area contributed by atoms with E-state index in [0.29, 0.717) is 44.8 Å². The molecule has 3 rings (SSSR count). The molecule has 24 heavy (non-hydrogen) atoms. The molecule has 0 atom stereocenters. The highest BCUT2D eigenvalue weighted by molar-refractivity contribution is 5.93. The first-order chi connectivity index (χ1) is 11.7. The summed E-state index contributed by atoms with van der Waals surface area (Å²) >= 11 is 0. The molecule has 0 spiro atoms. The molecule has 2 heterocycles. The van der Waals surface area contributed by atoms with Crippen molar-refractivity contribution in [2.45, 2.75) is 6.54 Å². The number of piperazine rings is 1. The number of amides is 2. The Hall–Kier alpha value is -2.60. The summed E-state index contributed by atoms with van der Waals surface area (Å²) in [5, 5.41) is 2.93. The van der Waals surface area contributed by atoms with Crippen LogP contribution in [0.2, 0.25) is 0 Å². The Bertz CT molecular complexity index is 662. The van der Waals surface area contributed by atoms with Gasteiger partial charge in [-0.15, -0.1) is 0 Å². The summed E-state index contributed by atoms with van der Waals surface area (Å²) < 4.78 is 4.95. The number of furan rings is 1. The molecule has 0 unspecified atom stereocenters. The normalized spacial score (nSPS) is 15.2. The van der Waals surface area contributed by atoms with Gasteiger partial charge in [0.05, 0.1) is 18.4 Å². The van der Waals surface area contributed by atoms with Gasteiger partial charge in [0.2, 0.25) is 5.91 Å². The molecule has 1 fully saturated rings. The zero-order chi connectivity index (χ0) is 16.8. The van der Waals surface area contributed by atoms with Crippen LogP contribution in [0.4, 0.5) is 0 Å². The monoisotopic (exact) mass is 327 g/mol. The molecular formula is C18H21N3O3. The summed E-state index contributed by atoms with van der Waals surface area (Å²) in [7, 11) is 0. The van der Waals surface area contributed by atoms with E-state index >= 15 is 0 Å². The highest BCUT2D eigenvalue weighted by atomic mass is 16.3. The molecule has 126 valence electrons. The number of rotatable bonds is 5. The van der Waals surface area contributed by atoms with Crippen molar-refractivity contribution in [2.75, 3.05) is 32.7 Å². The van der Waals surface area contributed by atoms with Crippen molar-refractivity contribution in [1.82, 2.24) is 15.1 Å². The van der Waals surface area contributed by atoms with Gasteiger partial charge in [0, 0.05) is 32.7 Å². The fraction of sp³-hybridized carbons (Fsp3) is 0.333. The van der Waals surface area contributed by atoms with Crippen molar-refractivity contribution < 1.29 is 14.0 Å². The predicted octanol–water partition coefficient (Wildman–Crippen LogP) is 1.35. The molecule has 0 radical (unpaired) electrons. The lowest BCUT2D eigenvalue weighted by Crippen LogP contribution is -2.51. The molecular weight excluding hydrogens is 306 g/mol. The van der Waals surface area contributed by atoms with Gasteiger partial charge in [-0.3, -0.25) is 14.5 Å². The van der Waals surface area contributed by atoms with E-state index in [-0.39, 0.29) is 11.8 Å². The number of carbonyl (C=O) groups is 2. The quantitative estimate of drug-likeness (QED) is 0.900. The van der Waals surface area contributed by atoms with Crippen molar-refractivity contribution >= 4 is 11.8 Å². The van der Waals surface area contributed by atoms with Gasteiger partial charge < -0.3 is 14.6 Å². The van der Waals surface area contributed by atoms with Gasteiger partial charge in [0.1, 0.15) is 6.26 Å². The van der Waals surface area contributed by atoms with E-state index in [4.69, 9.17) is 4.42 Å². The zero-order valence-electron chi connectivity index (χ0n) is 13.5. The molecule has 0 saturated carbocycles. The molecule has 1 N–H and O–H groups in total. The molecule has 1 aromatic carbocycles. The van der Waals surface area contributed by atoms with Crippen molar-refractivity contribution in [3.8, 4) is 0 Å². The third-order valence-corrected chi connectivity index (χ3v) is 4.13. The Morgan fingerprint density at radius 2 is 1.79 bits per heavy atom. The summed E-state index contributed by atoms with van der Waals surface area (Å²) in [6.45, 7) is 3.54. The molecule has 1 aliphatic heterocycles. The summed E-state index contributed by atoms with van der Waals surface area (Å²) in [6, 6.07) is 11.5. The average Bonchev–Trinajstić information content (AvgIpc) is 3.16. The van der Waals surface area contributed by atoms with Gasteiger partial charge in [0.25, 0.3) is 5.91 Å². The fourth-order valence-electron chi connectivity index (χ4n) is 2.73. The van der Waals surface area contributed by atoms with Crippen LogP contribution in [0, 0.1) is 0 Å². The van der Waals surface area contributed by atoms with E-state index in [2.05, 4.69) is 10.2 Å². The molecule has 2 aromatic rings. The lowest BCUT2D eigenvalue weighted by atomic mass is 10.2. The van der Waals surface area contributed by atoms with Gasteiger partial charge in [-0.05, 0) is 11.6 Å². The van der Waals surface area contributed by atoms with E-state index in [0.717, 1.165) is 5.56 Å². The lowest BCUT2D eigenvalue weighted by molar-refractivity contribution is -0.122. The van der Waals surface area contributed by atoms with Crippen LogP contribution in [0.15, 0.2) is 53.3 Å². The summed E-state index contributed by atoms with van der Waals surface area (Å²) in [6.07, 6.45) is 2.96. The minimum atomic E-state index is -0.0167. The molecule has 2 amide bonds. The van der Waals surface area contributed by atoms with E-state index in [1.54, 1.807) is 11.0 Å². The fourth-order valence-corrected chi connectivity index (χ4v) is 2.73. The maximum Gasteiger partial charge on any atom is 0.257 e. The van der Waals surface area contributed by atoms with Crippen LogP contribution in [0.25, 0.3) is 0 Å². The summed E-state index contributed by atoms with van der Waals surface area (Å²) in [5.74, 6) is -0.00890. The first kappa shape index (κ1) is 16.3. The molecule has 1 saturated heterocycles. The van der Waals surface area contributed by atoms with Crippen molar-refractivity contribution in [3.05, 3.63) is 60.1 Å². The predicted molar refractivity (Wildman–Crippen MR) is 89.3 cm³/mol. The number of carbonyl (C=O) groups excluding carboxylic acids is 2. The second kappa shape index (κ2) is 7.79. The maximum absolute atomic E-state index is 12.2. The first-order valence-corrected chi connectivity index (χ1v) is 8.07. The number of nitrogens with one attached hydrogen (secondary N) is 1. The van der Waals surface area contributed by atoms with Crippen LogP contribution in [0.5, 0.6) is 0 Å². The molecule has 6 nitrogen and oxygen atoms in total. The number of hydrogen-bond acceptors (Lipinski definition) is 4. The minimum absolute atomic E-state index is 0.00784. The molecule has 1 aliphatic rings. The van der Waals surface area contributed by atoms with Gasteiger partial charge in [-0.2, -0.15) is 0 Å². The summed E-state index contributed by atoms with van der Waals surface area (Å²) in [5.41, 5.74) is 1.66. The van der Waals surface area contributed by atoms with Crippen LogP contribution in [0.3, 0.4) is 0 Å². The van der Waals surface area contributed by atoms with Gasteiger partial charge in [0.15, 0.2) is 0 Å². The van der Waals surface area contributed by atoms with Crippen molar-refractivity contribution in [3.63, 3.8) is 0 Å². The number of nitrogens with zero attached hydrogens (tertiary/aromatic N) is 2. The minimum Gasteiger partial charge on any atom is -0.472 e. The highest BCUT2D eigenvalue weighted by Gasteiger charge is 2.23. The van der Waals surface area contributed by atoms with Crippen molar-refractivity contribution in [2.24, 2.45) is 0 Å². The van der Waals surface area contributed by atoms with Crippen LogP contribution in [0.1, 0.15) is 15.9 Å². The Labute approximate surface area is 141 Å². The third-order valence-electron chi connectivity index (χ3n) is 4.13. The Morgan fingerprint density at radius 1 is 1.04 bits per heavy atom. The average molecular weight is 327 g/mol. The Kier molecular flexibility index (Phi) is 5.28. The van der Waals surface area contributed by atoms with E-state index < -0.39 is 0 Å². The third kappa shape index (κ3) is 4.23. The van der Waals surface area contributed by atoms with Gasteiger partial charge in [-0.25, -0.2) is 0 Å². The van der Waals surface area contributed by atoms with E-state index in [9.17, 15) is 9.59 Å². The first-order valence-electron chi connectivity index (χ1n) is 8.07. The summed E-state index contributed by atoms with van der Waals surface area (Å²) in [4.78, 5) is 28.1. The molecule has 1 aromatic heterocycles. The molecule has 6 heteroatoms. The van der Waals surface area contributed by atoms with Gasteiger partial charge >= 0.3 is 0 Å². The van der Waals surface area contributed by atoms with Gasteiger partial charge in [-0.1, -0.05) is 30.3 Å². The zero-order valence-corrected chi connectivity index (χ0v) is 13.5. The van der Waals surface area contributed by atoms with Crippen LogP contribution >= 0.6 is 0 Å². The maximum atomic E-state index is 12.2. The molecule has 0 bridgehead atoms. The topological polar surface area (TPSA) is 65.8 Å². The largest absolute Gasteiger partial charge is 0.472 e. The number of hydrogen-bond donors (Lipinski definition) is 1. The van der Waals surface area contributed by atoms with E-state index in [1.165, 1.54) is 12.5 Å². The van der Waals surface area contributed by atoms with Crippen LogP contribution < -0.4 is 5.32 Å². The smallest absolute Gasteiger partial charge is 0.257 e. The second-order valence-corrected chi connectivity index (χ2v) is 5.84. The Balaban J connectivity index is 1.40. The highest BCUT2D eigenvalue weighted by Crippen LogP contribution is 2.09. The Morgan fingerprint density at radius 3 is 2.46 bits per heavy atom. The lowest BCUT2D eigenvalue weighted by Gasteiger charge is -2.34. The van der Waals surface area contributed by atoms with Crippen LogP contribution in [-0.2, 0) is 11.3 Å². The van der Waals surface area contributed by atoms with E-state index in [1.807, 2.05) is 30.3 Å². The molecule has 0 aliphatic carbocycles. The van der Waals surface area contributed by atoms with Crippen molar-refractivity contribution in [1.29, 1.82) is 0 Å². The van der Waals surface area contributed by atoms with Crippen LogP contribution in [-0.4, -0.2) is 54.3 Å². The number of benzene rings is 1. The SMILES string of the molecule is O=C(CN1CCN(C(=O)c2ccoc2)CC1)NCc1ccccc1.